The smallest absolute Gasteiger partial charge is 0.356 e. The monoisotopic (exact) mass is 530 g/mol. The van der Waals surface area contributed by atoms with E-state index in [1.165, 1.54) is 4.90 Å². The van der Waals surface area contributed by atoms with E-state index in [4.69, 9.17) is 0 Å². The van der Waals surface area contributed by atoms with Crippen molar-refractivity contribution in [1.29, 1.82) is 5.26 Å². The largest absolute Gasteiger partial charge is 0.471 e. The number of rotatable bonds is 11. The van der Waals surface area contributed by atoms with Gasteiger partial charge in [0.1, 0.15) is 17.6 Å². The molecule has 2 rings (SSSR count). The molecule has 0 aromatic heterocycles. The molecule has 208 valence electrons. The van der Waals surface area contributed by atoms with E-state index in [-0.39, 0.29) is 31.3 Å². The van der Waals surface area contributed by atoms with E-state index < -0.39 is 47.4 Å². The highest BCUT2D eigenvalue weighted by atomic mass is 19.4. The van der Waals surface area contributed by atoms with Gasteiger partial charge in [-0.25, -0.2) is 0 Å². The number of carbonyl (C=O) groups excluding carboxylic acids is 4. The molecule has 2 aliphatic rings. The van der Waals surface area contributed by atoms with Crippen molar-refractivity contribution in [3.63, 3.8) is 0 Å². The van der Waals surface area contributed by atoms with Gasteiger partial charge in [-0.2, -0.15) is 18.4 Å². The first-order valence-electron chi connectivity index (χ1n) is 12.7. The normalized spacial score (nSPS) is 22.9. The first-order valence-corrected chi connectivity index (χ1v) is 12.7. The van der Waals surface area contributed by atoms with Crippen molar-refractivity contribution < 1.29 is 32.3 Å². The summed E-state index contributed by atoms with van der Waals surface area (Å²) in [4.78, 5) is 53.6. The molecule has 0 bridgehead atoms. The molecule has 0 radical (unpaired) electrons. The van der Waals surface area contributed by atoms with E-state index in [0.717, 1.165) is 26.7 Å². The van der Waals surface area contributed by atoms with Crippen LogP contribution in [0.15, 0.2) is 0 Å². The van der Waals surface area contributed by atoms with E-state index in [1.54, 1.807) is 5.32 Å². The average Bonchev–Trinajstić information content (AvgIpc) is 3.43. The maximum atomic E-state index is 13.4. The van der Waals surface area contributed by atoms with Crippen LogP contribution in [0.3, 0.4) is 0 Å². The summed E-state index contributed by atoms with van der Waals surface area (Å²) in [5.74, 6) is -4.30. The summed E-state index contributed by atoms with van der Waals surface area (Å²) in [5, 5.41) is 16.6. The lowest BCUT2D eigenvalue weighted by atomic mass is 9.98. The molecule has 4 atom stereocenters. The fourth-order valence-electron chi connectivity index (χ4n) is 4.94. The number of carbonyl (C=O) groups is 4. The number of alkyl halides is 3. The molecule has 0 aromatic carbocycles. The summed E-state index contributed by atoms with van der Waals surface area (Å²) in [6.07, 6.45) is -2.64. The van der Waals surface area contributed by atoms with Gasteiger partial charge < -0.3 is 20.9 Å². The van der Waals surface area contributed by atoms with E-state index in [2.05, 4.69) is 15.5 Å². The van der Waals surface area contributed by atoms with Gasteiger partial charge in [0, 0.05) is 25.0 Å². The van der Waals surface area contributed by atoms with Gasteiger partial charge in [-0.15, -0.1) is 0 Å². The number of likely N-dealkylation sites (tertiary alicyclic amines) is 1. The second-order valence-electron chi connectivity index (χ2n) is 10.2. The number of amides is 4. The molecule has 10 nitrogen and oxygen atoms in total. The minimum atomic E-state index is -5.17. The van der Waals surface area contributed by atoms with Crippen molar-refractivity contribution in [1.82, 2.24) is 25.8 Å². The zero-order valence-electron chi connectivity index (χ0n) is 21.8. The molecular formula is C24H37F3N6O4. The Morgan fingerprint density at radius 2 is 1.84 bits per heavy atom. The van der Waals surface area contributed by atoms with Crippen LogP contribution in [0.2, 0.25) is 0 Å². The Morgan fingerprint density at radius 3 is 2.32 bits per heavy atom. The molecule has 37 heavy (non-hydrogen) atoms. The van der Waals surface area contributed by atoms with Crippen molar-refractivity contribution >= 4 is 23.6 Å². The lowest BCUT2D eigenvalue weighted by Gasteiger charge is -2.34. The number of nitriles is 1. The molecule has 0 spiro atoms. The van der Waals surface area contributed by atoms with Crippen LogP contribution in [0, 0.1) is 17.2 Å². The first kappa shape index (κ1) is 30.3. The minimum absolute atomic E-state index is 0.0878. The number of nitrogens with one attached hydrogen (secondary N) is 3. The van der Waals surface area contributed by atoms with Crippen LogP contribution in [0.4, 0.5) is 13.2 Å². The fraction of sp³-hybridized carbons (Fsp3) is 0.792. The van der Waals surface area contributed by atoms with E-state index in [9.17, 15) is 37.6 Å². The quantitative estimate of drug-likeness (QED) is 0.366. The van der Waals surface area contributed by atoms with E-state index >= 15 is 0 Å². The molecule has 0 saturated carbocycles. The van der Waals surface area contributed by atoms with Gasteiger partial charge in [-0.05, 0) is 59.0 Å². The molecule has 0 aromatic rings. The third-order valence-electron chi connectivity index (χ3n) is 6.75. The third-order valence-corrected chi connectivity index (χ3v) is 6.75. The maximum Gasteiger partial charge on any atom is 0.471 e. The van der Waals surface area contributed by atoms with E-state index in [1.807, 2.05) is 19.9 Å². The highest BCUT2D eigenvalue weighted by Crippen LogP contribution is 2.27. The molecule has 2 fully saturated rings. The zero-order valence-corrected chi connectivity index (χ0v) is 21.8. The Bertz CT molecular complexity index is 898. The van der Waals surface area contributed by atoms with Crippen molar-refractivity contribution in [2.24, 2.45) is 5.92 Å². The highest BCUT2D eigenvalue weighted by molar-refractivity contribution is 5.96. The standard InChI is InChI=1S/C24H37F3N6O4/c1-5-9-32(10-6-2)17-12-18(20(35)30-16(13-28)11-15-7-8-29-19(15)34)33(14-17)22(37)23(3,4)31-21(36)24(25,26)27/h15-18H,5-12,14H2,1-4H3,(H,29,34)(H,30,35)(H,31,36)/t15-,16?,17+,18-/m0/s1. The van der Waals surface area contributed by atoms with Gasteiger partial charge >= 0.3 is 12.1 Å². The molecule has 0 aliphatic carbocycles. The third kappa shape index (κ3) is 7.80. The van der Waals surface area contributed by atoms with Crippen LogP contribution >= 0.6 is 0 Å². The number of hydrogen-bond acceptors (Lipinski definition) is 6. The van der Waals surface area contributed by atoms with Gasteiger partial charge in [0.15, 0.2) is 0 Å². The maximum absolute atomic E-state index is 13.4. The molecule has 4 amide bonds. The first-order chi connectivity index (χ1) is 17.2. The van der Waals surface area contributed by atoms with Gasteiger partial charge in [0.2, 0.25) is 17.7 Å². The molecule has 2 saturated heterocycles. The van der Waals surface area contributed by atoms with Crippen molar-refractivity contribution in [2.45, 2.75) is 89.6 Å². The fourth-order valence-corrected chi connectivity index (χ4v) is 4.94. The SMILES string of the molecule is CCCN(CCC)[C@@H]1C[C@@H](C(=O)NC(C#N)C[C@@H]2CCNC2=O)N(C(=O)C(C)(C)NC(=O)C(F)(F)F)C1. The second-order valence-corrected chi connectivity index (χ2v) is 10.2. The molecule has 3 N–H and O–H groups in total. The van der Waals surface area contributed by atoms with Crippen molar-refractivity contribution in [3.05, 3.63) is 0 Å². The van der Waals surface area contributed by atoms with Crippen LogP contribution in [0.25, 0.3) is 0 Å². The lowest BCUT2D eigenvalue weighted by Crippen LogP contribution is -2.61. The Balaban J connectivity index is 2.27. The van der Waals surface area contributed by atoms with Gasteiger partial charge in [-0.3, -0.25) is 24.1 Å². The lowest BCUT2D eigenvalue weighted by molar-refractivity contribution is -0.176. The van der Waals surface area contributed by atoms with Crippen LogP contribution in [0.1, 0.15) is 59.8 Å². The summed E-state index contributed by atoms with van der Waals surface area (Å²) >= 11 is 0. The van der Waals surface area contributed by atoms with Crippen molar-refractivity contribution in [3.8, 4) is 6.07 Å². The average molecular weight is 531 g/mol. The summed E-state index contributed by atoms with van der Waals surface area (Å²) in [5.41, 5.74) is -1.93. The topological polar surface area (TPSA) is 135 Å². The molecule has 2 heterocycles. The molecule has 1 unspecified atom stereocenters. The minimum Gasteiger partial charge on any atom is -0.356 e. The van der Waals surface area contributed by atoms with Crippen LogP contribution < -0.4 is 16.0 Å². The predicted molar refractivity (Wildman–Crippen MR) is 128 cm³/mol. The Labute approximate surface area is 215 Å². The van der Waals surface area contributed by atoms with Crippen LogP contribution in [-0.4, -0.2) is 89.4 Å². The van der Waals surface area contributed by atoms with Gasteiger partial charge in [-0.1, -0.05) is 13.8 Å². The number of halogens is 3. The second kappa shape index (κ2) is 12.6. The summed E-state index contributed by atoms with van der Waals surface area (Å²) in [7, 11) is 0. The molecule has 2 aliphatic heterocycles. The number of nitrogens with zero attached hydrogens (tertiary/aromatic N) is 3. The van der Waals surface area contributed by atoms with Gasteiger partial charge in [0.05, 0.1) is 6.07 Å². The van der Waals surface area contributed by atoms with Crippen LogP contribution in [-0.2, 0) is 19.2 Å². The Morgan fingerprint density at radius 1 is 1.22 bits per heavy atom. The zero-order chi connectivity index (χ0) is 28.0. The summed E-state index contributed by atoms with van der Waals surface area (Å²) < 4.78 is 38.6. The predicted octanol–water partition coefficient (Wildman–Crippen LogP) is 1.07. The van der Waals surface area contributed by atoms with Crippen molar-refractivity contribution in [2.75, 3.05) is 26.2 Å². The molecular weight excluding hydrogens is 493 g/mol. The Hall–Kier alpha value is -2.88. The van der Waals surface area contributed by atoms with Gasteiger partial charge in [0.25, 0.3) is 0 Å². The summed E-state index contributed by atoms with van der Waals surface area (Å²) in [6.45, 7) is 8.31. The molecule has 13 heteroatoms. The number of hydrogen-bond donors (Lipinski definition) is 3. The van der Waals surface area contributed by atoms with E-state index in [0.29, 0.717) is 26.1 Å². The Kier molecular flexibility index (Phi) is 10.3. The summed E-state index contributed by atoms with van der Waals surface area (Å²) in [6, 6.07) is -0.266. The highest BCUT2D eigenvalue weighted by Gasteiger charge is 2.49. The van der Waals surface area contributed by atoms with Crippen LogP contribution in [0.5, 0.6) is 0 Å².